The zero-order valence-electron chi connectivity index (χ0n) is 25.4. The molecule has 1 saturated heterocycles. The van der Waals surface area contributed by atoms with E-state index in [1.165, 1.54) is 30.5 Å². The van der Waals surface area contributed by atoms with Crippen LogP contribution in [0.15, 0.2) is 89.9 Å². The molecule has 47 heavy (non-hydrogen) atoms. The largest absolute Gasteiger partial charge is 0.454 e. The minimum absolute atomic E-state index is 0.0188. The molecule has 3 aromatic carbocycles. The average Bonchev–Trinajstić information content (AvgIpc) is 3.53. The van der Waals surface area contributed by atoms with Gasteiger partial charge in [0, 0.05) is 69.6 Å². The zero-order valence-corrected chi connectivity index (χ0v) is 26.2. The topological polar surface area (TPSA) is 173 Å². The second-order valence-electron chi connectivity index (χ2n) is 10.7. The lowest BCUT2D eigenvalue weighted by atomic mass is 10.1. The summed E-state index contributed by atoms with van der Waals surface area (Å²) >= 11 is 0. The molecule has 1 N–H and O–H groups in total. The maximum atomic E-state index is 13.4. The van der Waals surface area contributed by atoms with E-state index in [1.807, 2.05) is 23.1 Å². The summed E-state index contributed by atoms with van der Waals surface area (Å²) in [6, 6.07) is 13.9. The SMILES string of the molecule is C=CCN(CC=C)S(=O)(=O)c1cc([N+](=O)[O-])ccc1N/N=C\c1ccc(N2CCN(Cc3ccc4c(c3)OCO4)CC2)c([N+](=O)[O-])c1. The molecule has 2 aliphatic rings. The van der Waals surface area contributed by atoms with Crippen LogP contribution in [0.25, 0.3) is 0 Å². The number of nitrogens with zero attached hydrogens (tertiary/aromatic N) is 6. The van der Waals surface area contributed by atoms with Gasteiger partial charge in [-0.25, -0.2) is 8.42 Å². The summed E-state index contributed by atoms with van der Waals surface area (Å²) in [5.41, 5.74) is 4.06. The van der Waals surface area contributed by atoms with Crippen LogP contribution in [-0.4, -0.2) is 79.7 Å². The molecular formula is C31H33N7O8S. The van der Waals surface area contributed by atoms with E-state index in [2.05, 4.69) is 28.6 Å². The number of nitro groups is 2. The summed E-state index contributed by atoms with van der Waals surface area (Å²) in [5, 5.41) is 27.6. The Labute approximate surface area is 271 Å². The number of piperazine rings is 1. The predicted octanol–water partition coefficient (Wildman–Crippen LogP) is 4.36. The molecule has 246 valence electrons. The normalized spacial score (nSPS) is 14.8. The number of hydrogen-bond acceptors (Lipinski definition) is 12. The molecule has 0 spiro atoms. The van der Waals surface area contributed by atoms with Gasteiger partial charge in [0.15, 0.2) is 11.5 Å². The Hall–Kier alpha value is -5.32. The standard InChI is InChI=1S/C31H33N7O8S/c1-3-11-36(12-4-2)47(43,44)31-19-25(37(39)40)7-8-26(31)33-32-20-23-5-9-27(28(17-23)38(41)42)35-15-13-34(14-16-35)21-24-6-10-29-30(18-24)46-22-45-29/h3-10,17-20,33H,1-2,11-16,21-22H2/b32-20-. The number of ether oxygens (including phenoxy) is 2. The van der Waals surface area contributed by atoms with Crippen molar-refractivity contribution in [2.24, 2.45) is 5.10 Å². The van der Waals surface area contributed by atoms with Gasteiger partial charge < -0.3 is 14.4 Å². The van der Waals surface area contributed by atoms with Gasteiger partial charge in [0.1, 0.15) is 10.6 Å². The van der Waals surface area contributed by atoms with E-state index in [-0.39, 0.29) is 36.2 Å². The van der Waals surface area contributed by atoms with Crippen LogP contribution < -0.4 is 19.8 Å². The number of hydrogen-bond donors (Lipinski definition) is 1. The first-order valence-corrected chi connectivity index (χ1v) is 16.0. The van der Waals surface area contributed by atoms with Gasteiger partial charge in [0.25, 0.3) is 11.4 Å². The molecule has 1 fully saturated rings. The fourth-order valence-electron chi connectivity index (χ4n) is 5.28. The van der Waals surface area contributed by atoms with Crippen molar-refractivity contribution in [1.82, 2.24) is 9.21 Å². The first-order valence-electron chi connectivity index (χ1n) is 14.5. The predicted molar refractivity (Wildman–Crippen MR) is 177 cm³/mol. The fourth-order valence-corrected chi connectivity index (χ4v) is 6.83. The van der Waals surface area contributed by atoms with Gasteiger partial charge in [-0.1, -0.05) is 24.3 Å². The van der Waals surface area contributed by atoms with Crippen LogP contribution in [0, 0.1) is 20.2 Å². The molecule has 3 aromatic rings. The molecule has 0 radical (unpaired) electrons. The summed E-state index contributed by atoms with van der Waals surface area (Å²) in [5.74, 6) is 1.46. The number of hydrazone groups is 1. The minimum Gasteiger partial charge on any atom is -0.454 e. The summed E-state index contributed by atoms with van der Waals surface area (Å²) in [6.07, 6.45) is 4.09. The van der Waals surface area contributed by atoms with E-state index >= 15 is 0 Å². The Morgan fingerprint density at radius 3 is 2.32 bits per heavy atom. The lowest BCUT2D eigenvalue weighted by Gasteiger charge is -2.35. The average molecular weight is 664 g/mol. The lowest BCUT2D eigenvalue weighted by molar-refractivity contribution is -0.385. The molecule has 5 rings (SSSR count). The van der Waals surface area contributed by atoms with Gasteiger partial charge in [-0.2, -0.15) is 9.41 Å². The molecule has 0 bridgehead atoms. The van der Waals surface area contributed by atoms with E-state index in [9.17, 15) is 28.6 Å². The number of nitrogens with one attached hydrogen (secondary N) is 1. The van der Waals surface area contributed by atoms with Gasteiger partial charge in [-0.3, -0.25) is 30.6 Å². The van der Waals surface area contributed by atoms with Crippen LogP contribution in [0.4, 0.5) is 22.7 Å². The van der Waals surface area contributed by atoms with Crippen LogP contribution >= 0.6 is 0 Å². The molecule has 0 unspecified atom stereocenters. The highest BCUT2D eigenvalue weighted by atomic mass is 32.2. The van der Waals surface area contributed by atoms with Crippen LogP contribution in [-0.2, 0) is 16.6 Å². The number of rotatable bonds is 14. The highest BCUT2D eigenvalue weighted by molar-refractivity contribution is 7.89. The number of non-ortho nitro benzene ring substituents is 1. The highest BCUT2D eigenvalue weighted by Gasteiger charge is 2.28. The molecule has 15 nitrogen and oxygen atoms in total. The molecule has 2 aliphatic heterocycles. The smallest absolute Gasteiger partial charge is 0.293 e. The third-order valence-corrected chi connectivity index (χ3v) is 9.48. The molecule has 0 atom stereocenters. The van der Waals surface area contributed by atoms with E-state index in [1.54, 1.807) is 12.1 Å². The molecule has 0 amide bonds. The molecule has 16 heteroatoms. The van der Waals surface area contributed by atoms with Gasteiger partial charge in [0.05, 0.1) is 21.7 Å². The van der Waals surface area contributed by atoms with Gasteiger partial charge in [-0.15, -0.1) is 13.2 Å². The van der Waals surface area contributed by atoms with Gasteiger partial charge in [0.2, 0.25) is 16.8 Å². The van der Waals surface area contributed by atoms with Crippen molar-refractivity contribution in [3.63, 3.8) is 0 Å². The third kappa shape index (κ3) is 7.57. The summed E-state index contributed by atoms with van der Waals surface area (Å²) in [4.78, 5) is 26.2. The van der Waals surface area contributed by atoms with Crippen molar-refractivity contribution < 1.29 is 27.7 Å². The van der Waals surface area contributed by atoms with Gasteiger partial charge >= 0.3 is 0 Å². The molecule has 0 aromatic heterocycles. The Bertz CT molecular complexity index is 1810. The van der Waals surface area contributed by atoms with Crippen molar-refractivity contribution >= 4 is 39.0 Å². The van der Waals surface area contributed by atoms with Crippen molar-refractivity contribution in [2.45, 2.75) is 11.4 Å². The lowest BCUT2D eigenvalue weighted by Crippen LogP contribution is -2.46. The van der Waals surface area contributed by atoms with Crippen molar-refractivity contribution in [3.8, 4) is 11.5 Å². The highest BCUT2D eigenvalue weighted by Crippen LogP contribution is 2.34. The number of fused-ring (bicyclic) bond motifs is 1. The monoisotopic (exact) mass is 663 g/mol. The molecule has 2 heterocycles. The number of sulfonamides is 1. The number of anilines is 2. The third-order valence-electron chi connectivity index (χ3n) is 7.61. The quantitative estimate of drug-likeness (QED) is 0.112. The summed E-state index contributed by atoms with van der Waals surface area (Å²) in [6.45, 7) is 10.6. The van der Waals surface area contributed by atoms with Crippen molar-refractivity contribution in [3.05, 3.63) is 111 Å². The fraction of sp³-hybridized carbons (Fsp3) is 0.258. The maximum Gasteiger partial charge on any atom is 0.293 e. The van der Waals surface area contributed by atoms with Gasteiger partial charge in [-0.05, 0) is 29.8 Å². The maximum absolute atomic E-state index is 13.4. The second kappa shape index (κ2) is 14.4. The summed E-state index contributed by atoms with van der Waals surface area (Å²) in [7, 11) is -4.23. The Balaban J connectivity index is 1.29. The van der Waals surface area contributed by atoms with Crippen LogP contribution in [0.3, 0.4) is 0 Å². The Morgan fingerprint density at radius 1 is 0.915 bits per heavy atom. The minimum atomic E-state index is -4.23. The Morgan fingerprint density at radius 2 is 1.64 bits per heavy atom. The van der Waals surface area contributed by atoms with Crippen LogP contribution in [0.2, 0.25) is 0 Å². The van der Waals surface area contributed by atoms with E-state index in [0.29, 0.717) is 44.0 Å². The van der Waals surface area contributed by atoms with Crippen molar-refractivity contribution in [2.75, 3.05) is 56.4 Å². The Kier molecular flexibility index (Phi) is 10.1. The van der Waals surface area contributed by atoms with E-state index in [0.717, 1.165) is 33.5 Å². The van der Waals surface area contributed by atoms with E-state index < -0.39 is 25.6 Å². The number of benzene rings is 3. The van der Waals surface area contributed by atoms with Crippen LogP contribution in [0.1, 0.15) is 11.1 Å². The second-order valence-corrected chi connectivity index (χ2v) is 12.6. The van der Waals surface area contributed by atoms with Crippen LogP contribution in [0.5, 0.6) is 11.5 Å². The zero-order chi connectivity index (χ0) is 33.6. The summed E-state index contributed by atoms with van der Waals surface area (Å²) < 4.78 is 38.8. The number of nitro benzene ring substituents is 2. The molecular weight excluding hydrogens is 630 g/mol. The first-order chi connectivity index (χ1) is 22.6. The molecule has 0 aliphatic carbocycles. The first kappa shape index (κ1) is 33.1. The van der Waals surface area contributed by atoms with Crippen molar-refractivity contribution in [1.29, 1.82) is 0 Å². The molecule has 0 saturated carbocycles. The van der Waals surface area contributed by atoms with E-state index in [4.69, 9.17) is 9.47 Å².